The molecule has 1 heterocycles. The van der Waals surface area contributed by atoms with Crippen molar-refractivity contribution < 1.29 is 4.79 Å². The summed E-state index contributed by atoms with van der Waals surface area (Å²) < 4.78 is 1.92. The van der Waals surface area contributed by atoms with Crippen molar-refractivity contribution in [3.63, 3.8) is 0 Å². The fraction of sp³-hybridized carbons (Fsp3) is 0.211. The van der Waals surface area contributed by atoms with Crippen LogP contribution in [0.15, 0.2) is 54.7 Å². The number of fused-ring (bicyclic) bond motifs is 1. The van der Waals surface area contributed by atoms with Crippen LogP contribution in [0.25, 0.3) is 10.9 Å². The monoisotopic (exact) mass is 326 g/mol. The molecule has 0 unspecified atom stereocenters. The van der Waals surface area contributed by atoms with E-state index in [1.54, 1.807) is 0 Å². The van der Waals surface area contributed by atoms with Gasteiger partial charge in [0.1, 0.15) is 6.54 Å². The molecule has 0 aliphatic heterocycles. The normalized spacial score (nSPS) is 11.1. The molecule has 0 spiro atoms. The Morgan fingerprint density at radius 1 is 1.13 bits per heavy atom. The number of hydrogen-bond acceptors (Lipinski definition) is 1. The highest BCUT2D eigenvalue weighted by Crippen LogP contribution is 2.21. The molecule has 3 nitrogen and oxygen atoms in total. The fourth-order valence-electron chi connectivity index (χ4n) is 2.62. The first kappa shape index (κ1) is 15.6. The predicted molar refractivity (Wildman–Crippen MR) is 96.1 cm³/mol. The maximum Gasteiger partial charge on any atom is 0.244 e. The zero-order valence-electron chi connectivity index (χ0n) is 13.2. The third kappa shape index (κ3) is 3.57. The molecule has 118 valence electrons. The number of amides is 1. The lowest BCUT2D eigenvalue weighted by molar-refractivity contribution is -0.116. The third-order valence-electron chi connectivity index (χ3n) is 3.91. The number of benzene rings is 2. The average Bonchev–Trinajstić information content (AvgIpc) is 2.89. The second-order valence-electron chi connectivity index (χ2n) is 5.97. The standard InChI is InChI=1S/C19H19ClN2O/c1-13(2)14-3-6-17(7-4-14)21-19(23)12-22-10-9-15-11-16(20)5-8-18(15)22/h3-11,13H,12H2,1-2H3,(H,21,23). The molecule has 0 aliphatic rings. The van der Waals surface area contributed by atoms with Crippen molar-refractivity contribution in [2.24, 2.45) is 0 Å². The van der Waals surface area contributed by atoms with Crippen LogP contribution in [0.1, 0.15) is 25.3 Å². The van der Waals surface area contributed by atoms with Crippen LogP contribution in [0.4, 0.5) is 5.69 Å². The summed E-state index contributed by atoms with van der Waals surface area (Å²) in [5, 5.41) is 4.67. The minimum Gasteiger partial charge on any atom is -0.338 e. The zero-order valence-corrected chi connectivity index (χ0v) is 14.0. The molecule has 1 amide bonds. The van der Waals surface area contributed by atoms with Crippen molar-refractivity contribution in [1.82, 2.24) is 4.57 Å². The molecule has 4 heteroatoms. The van der Waals surface area contributed by atoms with Crippen molar-refractivity contribution in [3.8, 4) is 0 Å². The van der Waals surface area contributed by atoms with Gasteiger partial charge < -0.3 is 9.88 Å². The Hall–Kier alpha value is -2.26. The fourth-order valence-corrected chi connectivity index (χ4v) is 2.80. The number of aromatic nitrogens is 1. The Morgan fingerprint density at radius 2 is 1.87 bits per heavy atom. The second-order valence-corrected chi connectivity index (χ2v) is 6.41. The van der Waals surface area contributed by atoms with Gasteiger partial charge in [-0.2, -0.15) is 0 Å². The number of anilines is 1. The highest BCUT2D eigenvalue weighted by Gasteiger charge is 2.07. The van der Waals surface area contributed by atoms with Gasteiger partial charge in [0.05, 0.1) is 0 Å². The van der Waals surface area contributed by atoms with Crippen molar-refractivity contribution >= 4 is 34.1 Å². The molecule has 0 atom stereocenters. The van der Waals surface area contributed by atoms with E-state index in [2.05, 4.69) is 19.2 Å². The van der Waals surface area contributed by atoms with Crippen LogP contribution in [-0.4, -0.2) is 10.5 Å². The second kappa shape index (κ2) is 6.47. The summed E-state index contributed by atoms with van der Waals surface area (Å²) in [5.41, 5.74) is 3.08. The van der Waals surface area contributed by atoms with Crippen LogP contribution < -0.4 is 5.32 Å². The van der Waals surface area contributed by atoms with Gasteiger partial charge in [0.15, 0.2) is 0 Å². The lowest BCUT2D eigenvalue weighted by Gasteiger charge is -2.09. The van der Waals surface area contributed by atoms with E-state index >= 15 is 0 Å². The van der Waals surface area contributed by atoms with Gasteiger partial charge in [-0.1, -0.05) is 37.6 Å². The minimum atomic E-state index is -0.0465. The van der Waals surface area contributed by atoms with Crippen molar-refractivity contribution in [2.45, 2.75) is 26.3 Å². The first-order valence-electron chi connectivity index (χ1n) is 7.67. The Morgan fingerprint density at radius 3 is 2.57 bits per heavy atom. The van der Waals surface area contributed by atoms with Crippen LogP contribution in [0.3, 0.4) is 0 Å². The van der Waals surface area contributed by atoms with Gasteiger partial charge in [0.25, 0.3) is 0 Å². The topological polar surface area (TPSA) is 34.0 Å². The third-order valence-corrected chi connectivity index (χ3v) is 4.14. The van der Waals surface area contributed by atoms with Gasteiger partial charge in [0.2, 0.25) is 5.91 Å². The summed E-state index contributed by atoms with van der Waals surface area (Å²) in [6, 6.07) is 15.6. The SMILES string of the molecule is CC(C)c1ccc(NC(=O)Cn2ccc3cc(Cl)ccc32)cc1. The van der Waals surface area contributed by atoms with Gasteiger partial charge >= 0.3 is 0 Å². The zero-order chi connectivity index (χ0) is 16.4. The lowest BCUT2D eigenvalue weighted by Crippen LogP contribution is -2.18. The van der Waals surface area contributed by atoms with Gasteiger partial charge in [-0.05, 0) is 47.9 Å². The van der Waals surface area contributed by atoms with Gasteiger partial charge in [-0.25, -0.2) is 0 Å². The van der Waals surface area contributed by atoms with Crippen LogP contribution in [0.5, 0.6) is 0 Å². The van der Waals surface area contributed by atoms with E-state index in [4.69, 9.17) is 11.6 Å². The Kier molecular flexibility index (Phi) is 4.39. The van der Waals surface area contributed by atoms with E-state index in [1.165, 1.54) is 5.56 Å². The Labute approximate surface area is 140 Å². The molecule has 3 aromatic rings. The first-order valence-corrected chi connectivity index (χ1v) is 8.05. The van der Waals surface area contributed by atoms with E-state index in [-0.39, 0.29) is 12.5 Å². The molecule has 0 bridgehead atoms. The van der Waals surface area contributed by atoms with Crippen LogP contribution in [0.2, 0.25) is 5.02 Å². The minimum absolute atomic E-state index is 0.0465. The average molecular weight is 327 g/mol. The number of carbonyl (C=O) groups excluding carboxylic acids is 1. The maximum absolute atomic E-state index is 12.3. The lowest BCUT2D eigenvalue weighted by atomic mass is 10.0. The van der Waals surface area contributed by atoms with Crippen LogP contribution >= 0.6 is 11.6 Å². The summed E-state index contributed by atoms with van der Waals surface area (Å²) in [4.78, 5) is 12.3. The highest BCUT2D eigenvalue weighted by molar-refractivity contribution is 6.31. The summed E-state index contributed by atoms with van der Waals surface area (Å²) in [5.74, 6) is 0.438. The van der Waals surface area contributed by atoms with Crippen molar-refractivity contribution in [3.05, 3.63) is 65.3 Å². The number of nitrogens with zero attached hydrogens (tertiary/aromatic N) is 1. The van der Waals surface area contributed by atoms with Crippen molar-refractivity contribution in [2.75, 3.05) is 5.32 Å². The number of carbonyl (C=O) groups is 1. The molecule has 3 rings (SSSR count). The molecule has 1 aromatic heterocycles. The summed E-state index contributed by atoms with van der Waals surface area (Å²) in [7, 11) is 0. The van der Waals surface area contributed by atoms with Crippen LogP contribution in [-0.2, 0) is 11.3 Å². The molecule has 0 saturated carbocycles. The predicted octanol–water partition coefficient (Wildman–Crippen LogP) is 5.06. The quantitative estimate of drug-likeness (QED) is 0.714. The van der Waals surface area contributed by atoms with E-state index in [0.29, 0.717) is 10.9 Å². The van der Waals surface area contributed by atoms with Crippen molar-refractivity contribution in [1.29, 1.82) is 0 Å². The summed E-state index contributed by atoms with van der Waals surface area (Å²) >= 11 is 5.99. The van der Waals surface area contributed by atoms with Gasteiger partial charge in [-0.3, -0.25) is 4.79 Å². The summed E-state index contributed by atoms with van der Waals surface area (Å²) in [6.45, 7) is 4.57. The Bertz CT molecular complexity index is 834. The molecule has 0 radical (unpaired) electrons. The number of rotatable bonds is 4. The molecular weight excluding hydrogens is 308 g/mol. The number of nitrogens with one attached hydrogen (secondary N) is 1. The molecule has 0 saturated heterocycles. The summed E-state index contributed by atoms with van der Waals surface area (Å²) in [6.07, 6.45) is 1.91. The van der Waals surface area contributed by atoms with E-state index in [0.717, 1.165) is 16.6 Å². The highest BCUT2D eigenvalue weighted by atomic mass is 35.5. The van der Waals surface area contributed by atoms with Gasteiger partial charge in [-0.15, -0.1) is 0 Å². The molecule has 0 fully saturated rings. The molecule has 23 heavy (non-hydrogen) atoms. The van der Waals surface area contributed by atoms with E-state index < -0.39 is 0 Å². The Balaban J connectivity index is 1.71. The molecule has 0 aliphatic carbocycles. The van der Waals surface area contributed by atoms with E-state index in [1.807, 2.05) is 59.3 Å². The smallest absolute Gasteiger partial charge is 0.244 e. The van der Waals surface area contributed by atoms with E-state index in [9.17, 15) is 4.79 Å². The maximum atomic E-state index is 12.3. The largest absolute Gasteiger partial charge is 0.338 e. The first-order chi connectivity index (χ1) is 11.0. The molecular formula is C19H19ClN2O. The number of hydrogen-bond donors (Lipinski definition) is 1. The molecule has 1 N–H and O–H groups in total. The molecule has 2 aromatic carbocycles. The van der Waals surface area contributed by atoms with Gasteiger partial charge in [0, 0.05) is 27.8 Å². The number of halogens is 1. The van der Waals surface area contributed by atoms with Crippen LogP contribution in [0, 0.1) is 0 Å².